The highest BCUT2D eigenvalue weighted by molar-refractivity contribution is 9.10. The number of halogens is 1. The third kappa shape index (κ3) is 3.64. The summed E-state index contributed by atoms with van der Waals surface area (Å²) in [7, 11) is -3.66. The SMILES string of the molecule is Cc1ccc(S(=O)(=O)Cc2cc(Br)ncc2[N+](=O)[O-])cc1. The Morgan fingerprint density at radius 1 is 1.29 bits per heavy atom. The van der Waals surface area contributed by atoms with E-state index in [-0.39, 0.29) is 16.1 Å². The first-order valence-corrected chi connectivity index (χ1v) is 8.32. The first-order valence-electron chi connectivity index (χ1n) is 5.88. The minimum Gasteiger partial charge on any atom is -0.258 e. The van der Waals surface area contributed by atoms with Crippen molar-refractivity contribution in [1.82, 2.24) is 4.98 Å². The lowest BCUT2D eigenvalue weighted by Crippen LogP contribution is -2.07. The van der Waals surface area contributed by atoms with Crippen molar-refractivity contribution in [2.45, 2.75) is 17.6 Å². The van der Waals surface area contributed by atoms with Crippen LogP contribution in [0.1, 0.15) is 11.1 Å². The third-order valence-electron chi connectivity index (χ3n) is 2.85. The molecule has 0 saturated heterocycles. The summed E-state index contributed by atoms with van der Waals surface area (Å²) in [6.45, 7) is 1.85. The lowest BCUT2D eigenvalue weighted by atomic mass is 10.2. The maximum Gasteiger partial charge on any atom is 0.291 e. The van der Waals surface area contributed by atoms with Crippen molar-refractivity contribution in [3.05, 3.63) is 62.4 Å². The normalized spacial score (nSPS) is 11.3. The number of benzene rings is 1. The zero-order valence-electron chi connectivity index (χ0n) is 11.0. The molecular formula is C13H11BrN2O4S. The summed E-state index contributed by atoms with van der Waals surface area (Å²) in [4.78, 5) is 14.2. The largest absolute Gasteiger partial charge is 0.291 e. The van der Waals surface area contributed by atoms with Crippen LogP contribution < -0.4 is 0 Å². The topological polar surface area (TPSA) is 90.2 Å². The molecule has 8 heteroatoms. The zero-order chi connectivity index (χ0) is 15.6. The fourth-order valence-corrected chi connectivity index (χ4v) is 3.51. The van der Waals surface area contributed by atoms with Gasteiger partial charge >= 0.3 is 0 Å². The van der Waals surface area contributed by atoms with Gasteiger partial charge < -0.3 is 0 Å². The fraction of sp³-hybridized carbons (Fsp3) is 0.154. The lowest BCUT2D eigenvalue weighted by molar-refractivity contribution is -0.385. The predicted octanol–water partition coefficient (Wildman–Crippen LogP) is 3.03. The molecule has 0 aliphatic rings. The minimum absolute atomic E-state index is 0.0995. The van der Waals surface area contributed by atoms with Crippen LogP contribution in [0, 0.1) is 17.0 Å². The molecule has 0 aliphatic heterocycles. The summed E-state index contributed by atoms with van der Waals surface area (Å²) in [6, 6.07) is 7.71. The maximum absolute atomic E-state index is 12.3. The van der Waals surface area contributed by atoms with E-state index in [0.29, 0.717) is 4.60 Å². The van der Waals surface area contributed by atoms with Gasteiger partial charge in [-0.25, -0.2) is 13.4 Å². The Bertz CT molecular complexity index is 788. The monoisotopic (exact) mass is 370 g/mol. The molecule has 2 aromatic rings. The van der Waals surface area contributed by atoms with Crippen LogP contribution in [-0.2, 0) is 15.6 Å². The second-order valence-electron chi connectivity index (χ2n) is 4.46. The molecule has 0 fully saturated rings. The summed E-state index contributed by atoms with van der Waals surface area (Å²) < 4.78 is 25.0. The first-order chi connectivity index (χ1) is 9.79. The fourth-order valence-electron chi connectivity index (χ4n) is 1.77. The van der Waals surface area contributed by atoms with Crippen molar-refractivity contribution in [3.63, 3.8) is 0 Å². The Morgan fingerprint density at radius 3 is 2.48 bits per heavy atom. The van der Waals surface area contributed by atoms with Gasteiger partial charge in [-0.1, -0.05) is 17.7 Å². The van der Waals surface area contributed by atoms with Crippen molar-refractivity contribution in [2.24, 2.45) is 0 Å². The molecule has 1 aromatic heterocycles. The van der Waals surface area contributed by atoms with Gasteiger partial charge in [0.1, 0.15) is 10.8 Å². The molecule has 0 N–H and O–H groups in total. The van der Waals surface area contributed by atoms with Gasteiger partial charge in [0.25, 0.3) is 5.69 Å². The van der Waals surface area contributed by atoms with Crippen molar-refractivity contribution >= 4 is 31.5 Å². The van der Waals surface area contributed by atoms with Crippen molar-refractivity contribution in [2.75, 3.05) is 0 Å². The molecule has 110 valence electrons. The smallest absolute Gasteiger partial charge is 0.258 e. The van der Waals surface area contributed by atoms with E-state index in [9.17, 15) is 18.5 Å². The van der Waals surface area contributed by atoms with E-state index >= 15 is 0 Å². The molecule has 0 spiro atoms. The van der Waals surface area contributed by atoms with Gasteiger partial charge in [0.05, 0.1) is 15.6 Å². The third-order valence-corrected chi connectivity index (χ3v) is 4.97. The van der Waals surface area contributed by atoms with Crippen LogP contribution in [0.15, 0.2) is 46.0 Å². The Labute approximate surface area is 130 Å². The maximum atomic E-state index is 12.3. The second kappa shape index (κ2) is 5.90. The van der Waals surface area contributed by atoms with Gasteiger partial charge in [-0.15, -0.1) is 0 Å². The number of hydrogen-bond donors (Lipinski definition) is 0. The average Bonchev–Trinajstić information content (AvgIpc) is 2.38. The summed E-state index contributed by atoms with van der Waals surface area (Å²) >= 11 is 3.09. The summed E-state index contributed by atoms with van der Waals surface area (Å²) in [5.74, 6) is -0.451. The summed E-state index contributed by atoms with van der Waals surface area (Å²) in [5.41, 5.74) is 0.725. The minimum atomic E-state index is -3.66. The number of rotatable bonds is 4. The van der Waals surface area contributed by atoms with Gasteiger partial charge in [-0.2, -0.15) is 0 Å². The Kier molecular flexibility index (Phi) is 4.38. The van der Waals surface area contributed by atoms with Crippen molar-refractivity contribution < 1.29 is 13.3 Å². The van der Waals surface area contributed by atoms with Crippen LogP contribution >= 0.6 is 15.9 Å². The van der Waals surface area contributed by atoms with Crippen molar-refractivity contribution in [1.29, 1.82) is 0 Å². The summed E-state index contributed by atoms with van der Waals surface area (Å²) in [5, 5.41) is 11.0. The quantitative estimate of drug-likeness (QED) is 0.468. The average molecular weight is 371 g/mol. The van der Waals surface area contributed by atoms with E-state index < -0.39 is 20.5 Å². The van der Waals surface area contributed by atoms with Gasteiger partial charge in [0, 0.05) is 5.56 Å². The Balaban J connectivity index is 2.43. The number of nitro groups is 1. The van der Waals surface area contributed by atoms with Crippen LogP contribution in [0.25, 0.3) is 0 Å². The van der Waals surface area contributed by atoms with Gasteiger partial charge in [0.2, 0.25) is 0 Å². The molecule has 1 heterocycles. The molecule has 0 bridgehead atoms. The van der Waals surface area contributed by atoms with E-state index in [1.54, 1.807) is 12.1 Å². The van der Waals surface area contributed by atoms with Gasteiger partial charge in [-0.3, -0.25) is 10.1 Å². The van der Waals surface area contributed by atoms with Gasteiger partial charge in [-0.05, 0) is 41.1 Å². The number of sulfone groups is 1. The molecular weight excluding hydrogens is 360 g/mol. The molecule has 1 aromatic carbocycles. The molecule has 21 heavy (non-hydrogen) atoms. The number of pyridine rings is 1. The standard InChI is InChI=1S/C13H11BrN2O4S/c1-9-2-4-11(5-3-9)21(19,20)8-10-6-13(14)15-7-12(10)16(17)18/h2-7H,8H2,1H3. The predicted molar refractivity (Wildman–Crippen MR) is 80.7 cm³/mol. The molecule has 2 rings (SSSR count). The molecule has 0 atom stereocenters. The van der Waals surface area contributed by atoms with Crippen LogP contribution in [-0.4, -0.2) is 18.3 Å². The van der Waals surface area contributed by atoms with E-state index in [0.717, 1.165) is 11.8 Å². The molecule has 0 aliphatic carbocycles. The Morgan fingerprint density at radius 2 is 1.90 bits per heavy atom. The van der Waals surface area contributed by atoms with Crippen LogP contribution in [0.2, 0.25) is 0 Å². The first kappa shape index (κ1) is 15.6. The molecule has 0 amide bonds. The molecule has 6 nitrogen and oxygen atoms in total. The highest BCUT2D eigenvalue weighted by Gasteiger charge is 2.22. The summed E-state index contributed by atoms with van der Waals surface area (Å²) in [6.07, 6.45) is 1.05. The number of aryl methyl sites for hydroxylation is 1. The van der Waals surface area contributed by atoms with Crippen molar-refractivity contribution in [3.8, 4) is 0 Å². The number of nitrogens with zero attached hydrogens (tertiary/aromatic N) is 2. The molecule has 0 unspecified atom stereocenters. The highest BCUT2D eigenvalue weighted by atomic mass is 79.9. The van der Waals surface area contributed by atoms with E-state index in [1.165, 1.54) is 18.2 Å². The number of hydrogen-bond acceptors (Lipinski definition) is 5. The van der Waals surface area contributed by atoms with Crippen LogP contribution in [0.4, 0.5) is 5.69 Å². The van der Waals surface area contributed by atoms with Gasteiger partial charge in [0.15, 0.2) is 9.84 Å². The van der Waals surface area contributed by atoms with E-state index in [2.05, 4.69) is 20.9 Å². The zero-order valence-corrected chi connectivity index (χ0v) is 13.4. The van der Waals surface area contributed by atoms with E-state index in [4.69, 9.17) is 0 Å². The highest BCUT2D eigenvalue weighted by Crippen LogP contribution is 2.25. The Hall–Kier alpha value is -1.80. The second-order valence-corrected chi connectivity index (χ2v) is 7.27. The molecule has 0 radical (unpaired) electrons. The number of aromatic nitrogens is 1. The van der Waals surface area contributed by atoms with Crippen LogP contribution in [0.3, 0.4) is 0 Å². The van der Waals surface area contributed by atoms with E-state index in [1.807, 2.05) is 6.92 Å². The van der Waals surface area contributed by atoms with Crippen LogP contribution in [0.5, 0.6) is 0 Å². The lowest BCUT2D eigenvalue weighted by Gasteiger charge is -2.06. The molecule has 0 saturated carbocycles.